The maximum atomic E-state index is 15.3. The maximum absolute atomic E-state index is 15.3. The molecule has 1 aliphatic carbocycles. The molecule has 2 fully saturated rings. The number of hydrogen-bond donors (Lipinski definition) is 11. The van der Waals surface area contributed by atoms with Gasteiger partial charge in [0, 0.05) is 54.9 Å². The third-order valence-corrected chi connectivity index (χ3v) is 15.9. The van der Waals surface area contributed by atoms with Gasteiger partial charge < -0.3 is 59.4 Å². The van der Waals surface area contributed by atoms with Crippen LogP contribution in [0.2, 0.25) is 0 Å². The zero-order valence-corrected chi connectivity index (χ0v) is 44.0. The fourth-order valence-electron chi connectivity index (χ4n) is 9.38. The molecule has 14 N–H and O–H groups in total. The lowest BCUT2D eigenvalue weighted by Gasteiger charge is -2.41. The summed E-state index contributed by atoms with van der Waals surface area (Å²) in [6.45, 7) is 3.34. The summed E-state index contributed by atoms with van der Waals surface area (Å²) in [5, 5.41) is 20.7. The van der Waals surface area contributed by atoms with E-state index in [1.54, 1.807) is 30.5 Å². The summed E-state index contributed by atoms with van der Waals surface area (Å²) in [6, 6.07) is 18.8. The fraction of sp³-hybridized carbons (Fsp3) is 0.453. The summed E-state index contributed by atoms with van der Waals surface area (Å²) in [5.41, 5.74) is 18.7. The number of hydrogen-bond acceptors (Lipinski definition) is 11. The molecule has 1 saturated heterocycles. The minimum atomic E-state index is -1.59. The molecule has 0 bridgehead atoms. The van der Waals surface area contributed by atoms with Gasteiger partial charge in [-0.2, -0.15) is 0 Å². The Balaban J connectivity index is 1.41. The van der Waals surface area contributed by atoms with Crippen LogP contribution in [-0.4, -0.2) is 118 Å². The van der Waals surface area contributed by atoms with Crippen LogP contribution in [0, 0.1) is 0 Å². The molecule has 3 aromatic carbocycles. The lowest BCUT2D eigenvalue weighted by Crippen LogP contribution is -2.66. The van der Waals surface area contributed by atoms with E-state index in [1.165, 1.54) is 6.92 Å². The van der Waals surface area contributed by atoms with Gasteiger partial charge in [-0.15, -0.1) is 0 Å². The van der Waals surface area contributed by atoms with E-state index in [2.05, 4.69) is 47.2 Å². The Hall–Kier alpha value is -7.07. The van der Waals surface area contributed by atoms with Gasteiger partial charge in [0.15, 0.2) is 5.96 Å². The Kier molecular flexibility index (Phi) is 21.4. The molecule has 0 radical (unpaired) electrons. The summed E-state index contributed by atoms with van der Waals surface area (Å²) < 4.78 is 0. The van der Waals surface area contributed by atoms with Gasteiger partial charge in [-0.3, -0.25) is 43.3 Å². The van der Waals surface area contributed by atoms with Crippen LogP contribution in [0.5, 0.6) is 0 Å². The highest BCUT2D eigenvalue weighted by Gasteiger charge is 2.46. The minimum absolute atomic E-state index is 0.00519. The predicted octanol–water partition coefficient (Wildman–Crippen LogP) is 2.22. The summed E-state index contributed by atoms with van der Waals surface area (Å²) in [5.74, 6) is -5.78. The number of aliphatic imine (C=N–C) groups is 1. The Morgan fingerprint density at radius 3 is 2.05 bits per heavy atom. The molecule has 2 aliphatic rings. The summed E-state index contributed by atoms with van der Waals surface area (Å²) in [6.07, 6.45) is 4.78. The van der Waals surface area contributed by atoms with Crippen molar-refractivity contribution in [1.82, 2.24) is 42.2 Å². The van der Waals surface area contributed by atoms with Gasteiger partial charge in [0.2, 0.25) is 47.3 Å². The number of rotatable bonds is 16. The molecule has 8 amide bonds. The molecule has 1 saturated carbocycles. The SMILES string of the molecule is CCCCC(NC(C)=O)C(=O)NC1CSSCC(C(N)=O)NC(=O)C(Cc2c[nH]c3ccccc23)NC(=O)C(CCCN=C(N)N)NC(=O)C(Cc2ccccc2)NC(=O)C2(CCC(c3ccccc3)CC2)NC1=O. The van der Waals surface area contributed by atoms with Crippen LogP contribution in [0.4, 0.5) is 0 Å². The first-order chi connectivity index (χ1) is 36.0. The first-order valence-electron chi connectivity index (χ1n) is 25.4. The number of guanidine groups is 1. The first kappa shape index (κ1) is 57.2. The van der Waals surface area contributed by atoms with Crippen molar-refractivity contribution in [1.29, 1.82) is 0 Å². The Morgan fingerprint density at radius 2 is 1.37 bits per heavy atom. The number of amides is 8. The number of aromatic amines is 1. The Bertz CT molecular complexity index is 2640. The van der Waals surface area contributed by atoms with Crippen molar-refractivity contribution in [2.24, 2.45) is 22.2 Å². The number of aromatic nitrogens is 1. The molecular formula is C53H70N12O8S2. The zero-order valence-electron chi connectivity index (χ0n) is 42.4. The third-order valence-electron chi connectivity index (χ3n) is 13.5. The normalized spacial score (nSPS) is 23.8. The van der Waals surface area contributed by atoms with Crippen molar-refractivity contribution in [3.05, 3.63) is 108 Å². The highest BCUT2D eigenvalue weighted by Crippen LogP contribution is 2.39. The number of benzene rings is 3. The molecule has 1 aliphatic heterocycles. The molecule has 6 rings (SSSR count). The monoisotopic (exact) mass is 1070 g/mol. The highest BCUT2D eigenvalue weighted by molar-refractivity contribution is 8.76. The van der Waals surface area contributed by atoms with Crippen molar-refractivity contribution in [2.75, 3.05) is 18.1 Å². The van der Waals surface area contributed by atoms with E-state index in [4.69, 9.17) is 17.2 Å². The average Bonchev–Trinajstić information content (AvgIpc) is 3.80. The van der Waals surface area contributed by atoms with Crippen molar-refractivity contribution in [3.8, 4) is 0 Å². The number of unbranched alkanes of at least 4 members (excludes halogenated alkanes) is 1. The number of nitrogens with zero attached hydrogens (tertiary/aromatic N) is 1. The number of nitrogens with two attached hydrogens (primary N) is 3. The van der Waals surface area contributed by atoms with E-state index in [0.717, 1.165) is 44.5 Å². The first-order valence-corrected chi connectivity index (χ1v) is 27.9. The van der Waals surface area contributed by atoms with Gasteiger partial charge in [-0.25, -0.2) is 0 Å². The largest absolute Gasteiger partial charge is 0.370 e. The topological polar surface area (TPSA) is 327 Å². The molecule has 6 atom stereocenters. The van der Waals surface area contributed by atoms with Gasteiger partial charge >= 0.3 is 0 Å². The number of fused-ring (bicyclic) bond motifs is 1. The second-order valence-electron chi connectivity index (χ2n) is 19.1. The van der Waals surface area contributed by atoms with Gasteiger partial charge in [0.25, 0.3) is 0 Å². The lowest BCUT2D eigenvalue weighted by molar-refractivity contribution is -0.139. The quantitative estimate of drug-likeness (QED) is 0.0333. The van der Waals surface area contributed by atoms with Crippen LogP contribution in [0.3, 0.4) is 0 Å². The van der Waals surface area contributed by atoms with E-state index < -0.39 is 89.0 Å². The van der Waals surface area contributed by atoms with E-state index in [9.17, 15) is 33.6 Å². The van der Waals surface area contributed by atoms with Crippen LogP contribution < -0.4 is 54.4 Å². The molecule has 402 valence electrons. The molecule has 1 spiro atoms. The van der Waals surface area contributed by atoms with Crippen molar-refractivity contribution in [2.45, 2.75) is 132 Å². The number of nitrogens with one attached hydrogen (secondary N) is 8. The van der Waals surface area contributed by atoms with Gasteiger partial charge in [0.05, 0.1) is 0 Å². The molecule has 4 aromatic rings. The summed E-state index contributed by atoms with van der Waals surface area (Å²) in [4.78, 5) is 121. The number of carbonyl (C=O) groups excluding carboxylic acids is 8. The van der Waals surface area contributed by atoms with E-state index >= 15 is 4.79 Å². The maximum Gasteiger partial charge on any atom is 0.246 e. The number of H-pyrrole nitrogens is 1. The van der Waals surface area contributed by atoms with Crippen LogP contribution in [0.15, 0.2) is 96.1 Å². The van der Waals surface area contributed by atoms with E-state index in [0.29, 0.717) is 36.8 Å². The fourth-order valence-corrected chi connectivity index (χ4v) is 11.7. The van der Waals surface area contributed by atoms with Crippen molar-refractivity contribution < 1.29 is 38.4 Å². The average molecular weight is 1070 g/mol. The van der Waals surface area contributed by atoms with Crippen molar-refractivity contribution in [3.63, 3.8) is 0 Å². The Morgan fingerprint density at radius 1 is 0.747 bits per heavy atom. The predicted molar refractivity (Wildman–Crippen MR) is 291 cm³/mol. The van der Waals surface area contributed by atoms with Gasteiger partial charge in [-0.1, -0.05) is 120 Å². The molecular weight excluding hydrogens is 997 g/mol. The van der Waals surface area contributed by atoms with Gasteiger partial charge in [0.1, 0.15) is 41.8 Å². The standard InChI is InChI=1S/C53H70N12O8S2/c1-3-4-19-39(59-32(2)66)46(68)63-44-31-75-74-30-43(45(54)67)62-49(71)42(28-36-29-58-38-20-12-11-18-37(36)38)61-47(69)40(21-13-26-57-52(55)56)60-48(70)41(27-33-14-7-5-8-15-33)64-51(73)53(65-50(44)72)24-22-35(23-25-53)34-16-9-6-10-17-34/h5-12,14-18,20,29,35,39-44,58H,3-4,13,19,21-28,30-31H2,1-2H3,(H2,54,67)(H,59,66)(H,60,70)(H,61,69)(H,62,71)(H,63,68)(H,64,73)(H,65,72)(H4,55,56,57). The smallest absolute Gasteiger partial charge is 0.246 e. The zero-order chi connectivity index (χ0) is 53.9. The second-order valence-corrected chi connectivity index (χ2v) is 21.6. The number of para-hydroxylation sites is 1. The Labute approximate surface area is 444 Å². The van der Waals surface area contributed by atoms with Crippen molar-refractivity contribution >= 4 is 85.7 Å². The number of primary amides is 1. The molecule has 75 heavy (non-hydrogen) atoms. The molecule has 1 aromatic heterocycles. The van der Waals surface area contributed by atoms with E-state index in [-0.39, 0.29) is 68.5 Å². The van der Waals surface area contributed by atoms with E-state index in [1.807, 2.05) is 67.6 Å². The highest BCUT2D eigenvalue weighted by atomic mass is 33.1. The molecule has 22 heteroatoms. The second kappa shape index (κ2) is 28.0. The van der Waals surface area contributed by atoms with Crippen LogP contribution >= 0.6 is 21.6 Å². The van der Waals surface area contributed by atoms with Gasteiger partial charge in [-0.05, 0) is 73.6 Å². The number of carbonyl (C=O) groups is 8. The summed E-state index contributed by atoms with van der Waals surface area (Å²) in [7, 11) is 2.23. The molecule has 2 heterocycles. The molecule has 20 nitrogen and oxygen atoms in total. The minimum Gasteiger partial charge on any atom is -0.370 e. The third kappa shape index (κ3) is 16.7. The van der Waals surface area contributed by atoms with Crippen LogP contribution in [-0.2, 0) is 51.2 Å². The molecule has 6 unspecified atom stereocenters. The summed E-state index contributed by atoms with van der Waals surface area (Å²) >= 11 is 0. The lowest BCUT2D eigenvalue weighted by atomic mass is 9.73. The van der Waals surface area contributed by atoms with Crippen LogP contribution in [0.1, 0.15) is 94.2 Å². The van der Waals surface area contributed by atoms with Crippen LogP contribution in [0.25, 0.3) is 10.9 Å².